The van der Waals surface area contributed by atoms with Crippen LogP contribution in [0.1, 0.15) is 12.8 Å². The van der Waals surface area contributed by atoms with E-state index in [9.17, 15) is 0 Å². The Morgan fingerprint density at radius 1 is 1.17 bits per heavy atom. The lowest BCUT2D eigenvalue weighted by molar-refractivity contribution is -0.137. The number of piperidine rings is 3. The van der Waals surface area contributed by atoms with Gasteiger partial charge in [0.25, 0.3) is 0 Å². The topological polar surface area (TPSA) is 54.6 Å². The minimum absolute atomic E-state index is 0.103. The lowest BCUT2D eigenvalue weighted by Gasteiger charge is -2.50. The van der Waals surface area contributed by atoms with E-state index in [1.807, 2.05) is 12.3 Å². The van der Waals surface area contributed by atoms with Gasteiger partial charge in [-0.2, -0.15) is 0 Å². The molecule has 1 aromatic carbocycles. The van der Waals surface area contributed by atoms with Crippen LogP contribution in [-0.4, -0.2) is 48.0 Å². The van der Waals surface area contributed by atoms with Gasteiger partial charge in [0.15, 0.2) is 11.5 Å². The van der Waals surface area contributed by atoms with Gasteiger partial charge in [-0.3, -0.25) is 5.73 Å². The number of fused-ring (bicyclic) bond motifs is 2. The van der Waals surface area contributed by atoms with Crippen LogP contribution in [0.2, 0.25) is 0 Å². The number of rotatable bonds is 2. The molecule has 2 unspecified atom stereocenters. The van der Waals surface area contributed by atoms with Crippen LogP contribution in [0.3, 0.4) is 0 Å². The summed E-state index contributed by atoms with van der Waals surface area (Å²) in [5.41, 5.74) is 7.45. The van der Waals surface area contributed by atoms with E-state index in [1.165, 1.54) is 36.4 Å². The molecule has 2 aromatic rings. The van der Waals surface area contributed by atoms with Gasteiger partial charge >= 0.3 is 0 Å². The molecule has 2 bridgehead atoms. The molecule has 0 saturated carbocycles. The van der Waals surface area contributed by atoms with Crippen LogP contribution in [0.25, 0.3) is 10.4 Å². The van der Waals surface area contributed by atoms with E-state index in [0.717, 1.165) is 18.2 Å². The summed E-state index contributed by atoms with van der Waals surface area (Å²) in [5.74, 6) is 0.632. The van der Waals surface area contributed by atoms with Crippen LogP contribution in [-0.2, 0) is 4.74 Å². The second kappa shape index (κ2) is 5.52. The number of benzene rings is 1. The first-order valence-corrected chi connectivity index (χ1v) is 9.49. The van der Waals surface area contributed by atoms with Crippen LogP contribution < -0.4 is 10.6 Å². The second-order valence-electron chi connectivity index (χ2n) is 7.12. The normalized spacial score (nSPS) is 35.0. The van der Waals surface area contributed by atoms with E-state index >= 15 is 0 Å². The van der Waals surface area contributed by atoms with Crippen molar-refractivity contribution in [3.63, 3.8) is 0 Å². The highest BCUT2D eigenvalue weighted by Gasteiger charge is 2.54. The lowest BCUT2D eigenvalue weighted by atomic mass is 9.75. The summed E-state index contributed by atoms with van der Waals surface area (Å²) in [5, 5.41) is 0.967. The molecule has 0 amide bonds. The predicted molar refractivity (Wildman–Crippen MR) is 95.9 cm³/mol. The highest BCUT2D eigenvalue weighted by molar-refractivity contribution is 7.18. The summed E-state index contributed by atoms with van der Waals surface area (Å²) in [4.78, 5) is 10.5. The summed E-state index contributed by atoms with van der Waals surface area (Å²) in [7, 11) is 0. The average Bonchev–Trinajstić information content (AvgIpc) is 3.22. The number of nitrogens with two attached hydrogens (primary N) is 1. The molecule has 4 fully saturated rings. The van der Waals surface area contributed by atoms with Crippen molar-refractivity contribution in [3.05, 3.63) is 36.5 Å². The Labute approximate surface area is 146 Å². The number of ether oxygens (including phenoxy) is 1. The van der Waals surface area contributed by atoms with Crippen LogP contribution in [0.5, 0.6) is 0 Å². The van der Waals surface area contributed by atoms with Crippen molar-refractivity contribution >= 4 is 16.5 Å². The van der Waals surface area contributed by atoms with Crippen molar-refractivity contribution in [3.8, 4) is 10.4 Å². The van der Waals surface area contributed by atoms with Gasteiger partial charge in [0.05, 0.1) is 11.4 Å². The molecular formula is C18H22N4OS. The van der Waals surface area contributed by atoms with Crippen molar-refractivity contribution in [1.29, 1.82) is 0 Å². The standard InChI is InChI=1S/C18H22N4OS/c19-16-22(12-18(23-16)11-21-8-6-14(18)7-9-21)17-20-10-15(24-17)13-4-2-1-3-5-13/h1-5,10,14,16H,6-9,11-12,19H2. The monoisotopic (exact) mass is 342 g/mol. The summed E-state index contributed by atoms with van der Waals surface area (Å²) in [6.07, 6.45) is 4.02. The molecule has 4 aliphatic heterocycles. The highest BCUT2D eigenvalue weighted by atomic mass is 32.1. The molecule has 0 aliphatic carbocycles. The van der Waals surface area contributed by atoms with Gasteiger partial charge in [-0.1, -0.05) is 41.7 Å². The Bertz CT molecular complexity index is 728. The Morgan fingerprint density at radius 2 is 1.96 bits per heavy atom. The quantitative estimate of drug-likeness (QED) is 0.908. The molecule has 126 valence electrons. The SMILES string of the molecule is NC1OC2(CN3CCC2CC3)CN1c1ncc(-c2ccccc2)s1. The largest absolute Gasteiger partial charge is 0.335 e. The van der Waals surface area contributed by atoms with Crippen LogP contribution >= 0.6 is 11.3 Å². The van der Waals surface area contributed by atoms with E-state index in [4.69, 9.17) is 10.5 Å². The summed E-state index contributed by atoms with van der Waals surface area (Å²) >= 11 is 1.70. The minimum Gasteiger partial charge on any atom is -0.335 e. The molecule has 4 aliphatic rings. The van der Waals surface area contributed by atoms with E-state index in [0.29, 0.717) is 5.92 Å². The maximum absolute atomic E-state index is 6.35. The van der Waals surface area contributed by atoms with Gasteiger partial charge in [0.2, 0.25) is 0 Å². The average molecular weight is 342 g/mol. The molecule has 1 aromatic heterocycles. The fourth-order valence-corrected chi connectivity index (χ4v) is 5.41. The second-order valence-corrected chi connectivity index (χ2v) is 8.13. The van der Waals surface area contributed by atoms with E-state index in [-0.39, 0.29) is 12.0 Å². The van der Waals surface area contributed by atoms with Crippen molar-refractivity contribution in [2.75, 3.05) is 31.1 Å². The Morgan fingerprint density at radius 3 is 2.67 bits per heavy atom. The molecule has 2 N–H and O–H groups in total. The Kier molecular flexibility index (Phi) is 3.42. The molecule has 6 rings (SSSR count). The Balaban J connectivity index is 1.41. The summed E-state index contributed by atoms with van der Waals surface area (Å²) in [6.45, 7) is 4.29. The van der Waals surface area contributed by atoms with Crippen LogP contribution in [0, 0.1) is 5.92 Å². The van der Waals surface area contributed by atoms with Gasteiger partial charge in [-0.05, 0) is 37.4 Å². The number of anilines is 1. The number of nitrogens with zero attached hydrogens (tertiary/aromatic N) is 3. The third-order valence-corrected chi connectivity index (χ3v) is 6.80. The van der Waals surface area contributed by atoms with Crippen LogP contribution in [0.4, 0.5) is 5.13 Å². The lowest BCUT2D eigenvalue weighted by Crippen LogP contribution is -2.61. The van der Waals surface area contributed by atoms with Crippen molar-refractivity contribution in [2.45, 2.75) is 24.8 Å². The van der Waals surface area contributed by atoms with Gasteiger partial charge in [-0.25, -0.2) is 4.98 Å². The van der Waals surface area contributed by atoms with Gasteiger partial charge in [0.1, 0.15) is 5.60 Å². The Hall–Kier alpha value is -1.47. The van der Waals surface area contributed by atoms with Crippen molar-refractivity contribution in [1.82, 2.24) is 9.88 Å². The maximum Gasteiger partial charge on any atom is 0.189 e. The zero-order valence-corrected chi connectivity index (χ0v) is 14.4. The molecule has 5 nitrogen and oxygen atoms in total. The maximum atomic E-state index is 6.35. The summed E-state index contributed by atoms with van der Waals surface area (Å²) < 4.78 is 6.33. The number of hydrogen-bond acceptors (Lipinski definition) is 6. The van der Waals surface area contributed by atoms with Gasteiger partial charge in [0, 0.05) is 12.7 Å². The van der Waals surface area contributed by atoms with Gasteiger partial charge < -0.3 is 14.5 Å². The molecule has 24 heavy (non-hydrogen) atoms. The highest BCUT2D eigenvalue weighted by Crippen LogP contribution is 2.44. The first-order chi connectivity index (χ1) is 11.7. The zero-order chi connectivity index (χ0) is 16.1. The number of hydrogen-bond donors (Lipinski definition) is 1. The molecule has 0 radical (unpaired) electrons. The van der Waals surface area contributed by atoms with Crippen molar-refractivity contribution in [2.24, 2.45) is 11.7 Å². The molecule has 2 atom stereocenters. The van der Waals surface area contributed by atoms with Gasteiger partial charge in [-0.15, -0.1) is 0 Å². The van der Waals surface area contributed by atoms with E-state index in [1.54, 1.807) is 11.3 Å². The predicted octanol–water partition coefficient (Wildman–Crippen LogP) is 2.35. The minimum atomic E-state index is -0.389. The van der Waals surface area contributed by atoms with Crippen molar-refractivity contribution < 1.29 is 4.74 Å². The molecule has 6 heteroatoms. The van der Waals surface area contributed by atoms with E-state index in [2.05, 4.69) is 39.0 Å². The van der Waals surface area contributed by atoms with Crippen LogP contribution in [0.15, 0.2) is 36.5 Å². The first kappa shape index (κ1) is 14.8. The smallest absolute Gasteiger partial charge is 0.189 e. The van der Waals surface area contributed by atoms with E-state index < -0.39 is 0 Å². The fraction of sp³-hybridized carbons (Fsp3) is 0.500. The molecule has 4 saturated heterocycles. The zero-order valence-electron chi connectivity index (χ0n) is 13.6. The number of thiazole rings is 1. The third kappa shape index (κ3) is 2.29. The third-order valence-electron chi connectivity index (χ3n) is 5.72. The first-order valence-electron chi connectivity index (χ1n) is 8.67. The summed E-state index contributed by atoms with van der Waals surface area (Å²) in [6, 6.07) is 10.4. The number of aromatic nitrogens is 1. The molecular weight excluding hydrogens is 320 g/mol. The molecule has 1 spiro atoms. The molecule has 5 heterocycles. The fourth-order valence-electron chi connectivity index (χ4n) is 4.47.